The molecule has 4 amide bonds. The summed E-state index contributed by atoms with van der Waals surface area (Å²) in [6.07, 6.45) is 14.6. The topological polar surface area (TPSA) is 183 Å². The quantitative estimate of drug-likeness (QED) is 0.0730. The second-order valence-electron chi connectivity index (χ2n) is 21.4. The molecular weight excluding hydrogens is 869 g/mol. The number of nitrogens with zero attached hydrogens (tertiary/aromatic N) is 3. The summed E-state index contributed by atoms with van der Waals surface area (Å²) in [5.74, 6) is 4.57. The van der Waals surface area contributed by atoms with Gasteiger partial charge in [-0.15, -0.1) is 0 Å². The number of aromatic nitrogens is 4. The van der Waals surface area contributed by atoms with Gasteiger partial charge in [-0.05, 0) is 156 Å². The van der Waals surface area contributed by atoms with Crippen molar-refractivity contribution in [2.24, 2.45) is 17.8 Å². The van der Waals surface area contributed by atoms with Crippen LogP contribution < -0.4 is 16.0 Å². The lowest BCUT2D eigenvalue weighted by Crippen LogP contribution is -2.50. The molecular formula is C55H62N8O6. The molecule has 7 aliphatic rings. The highest BCUT2D eigenvalue weighted by Gasteiger charge is 2.55. The van der Waals surface area contributed by atoms with Crippen molar-refractivity contribution in [1.82, 2.24) is 40.8 Å². The van der Waals surface area contributed by atoms with Crippen LogP contribution in [0.15, 0.2) is 60.9 Å². The summed E-state index contributed by atoms with van der Waals surface area (Å²) < 4.78 is 9.42. The number of hydrogen-bond donors (Lipinski definition) is 5. The van der Waals surface area contributed by atoms with Crippen molar-refractivity contribution in [3.05, 3.63) is 94.8 Å². The summed E-state index contributed by atoms with van der Waals surface area (Å²) in [5.41, 5.74) is 16.0. The summed E-state index contributed by atoms with van der Waals surface area (Å²) >= 11 is 0. The number of alkyl carbamates (subject to hydrolysis) is 2. The molecule has 10 atom stereocenters. The fraction of sp³-hybridized carbons (Fsp3) is 0.491. The van der Waals surface area contributed by atoms with Crippen molar-refractivity contribution in [1.29, 1.82) is 0 Å². The normalized spacial score (nSPS) is 26.6. The minimum atomic E-state index is -0.633. The Kier molecular flexibility index (Phi) is 10.9. The van der Waals surface area contributed by atoms with Gasteiger partial charge in [0, 0.05) is 24.1 Å². The molecule has 10 unspecified atom stereocenters. The molecule has 4 saturated carbocycles. The Bertz CT molecular complexity index is 2870. The number of fused-ring (bicyclic) bond motifs is 11. The minimum Gasteiger partial charge on any atom is -0.453 e. The molecule has 1 saturated heterocycles. The Balaban J connectivity index is 0.759. The van der Waals surface area contributed by atoms with E-state index in [0.717, 1.165) is 60.7 Å². The number of amides is 4. The maximum Gasteiger partial charge on any atom is 0.407 e. The number of imidazole rings is 2. The number of carbonyl (C=O) groups excluding carboxylic acids is 4. The molecule has 1 aliphatic heterocycles. The van der Waals surface area contributed by atoms with Crippen molar-refractivity contribution in [3.63, 3.8) is 0 Å². The van der Waals surface area contributed by atoms with Crippen LogP contribution in [-0.2, 0) is 25.5 Å². The van der Waals surface area contributed by atoms with Gasteiger partial charge in [-0.25, -0.2) is 19.6 Å². The third kappa shape index (κ3) is 7.78. The Morgan fingerprint density at radius 2 is 1.30 bits per heavy atom. The maximum absolute atomic E-state index is 13.4. The number of rotatable bonds is 14. The molecule has 3 aromatic carbocycles. The molecule has 3 heterocycles. The average molecular weight is 931 g/mol. The van der Waals surface area contributed by atoms with Gasteiger partial charge in [0.2, 0.25) is 11.8 Å². The van der Waals surface area contributed by atoms with Gasteiger partial charge >= 0.3 is 12.2 Å². The predicted octanol–water partition coefficient (Wildman–Crippen LogP) is 9.37. The maximum atomic E-state index is 13.4. The Morgan fingerprint density at radius 1 is 0.696 bits per heavy atom. The lowest BCUT2D eigenvalue weighted by molar-refractivity contribution is -0.132. The first-order valence-corrected chi connectivity index (χ1v) is 25.4. The molecule has 5 fully saturated rings. The fourth-order valence-electron chi connectivity index (χ4n) is 13.5. The number of likely N-dealkylation sites (tertiary alicyclic amines) is 1. The first kappa shape index (κ1) is 43.8. The van der Waals surface area contributed by atoms with Crippen molar-refractivity contribution >= 4 is 24.0 Å². The number of piperidine rings is 1. The van der Waals surface area contributed by atoms with E-state index in [1.165, 1.54) is 86.1 Å². The zero-order valence-corrected chi connectivity index (χ0v) is 39.9. The van der Waals surface area contributed by atoms with Crippen molar-refractivity contribution in [3.8, 4) is 44.8 Å². The van der Waals surface area contributed by atoms with Crippen molar-refractivity contribution in [2.75, 3.05) is 20.8 Å². The molecule has 14 nitrogen and oxygen atoms in total. The van der Waals surface area contributed by atoms with Gasteiger partial charge in [-0.1, -0.05) is 62.4 Å². The van der Waals surface area contributed by atoms with E-state index in [0.29, 0.717) is 35.5 Å². The summed E-state index contributed by atoms with van der Waals surface area (Å²) in [4.78, 5) is 68.7. The number of aromatic amines is 2. The van der Waals surface area contributed by atoms with Gasteiger partial charge in [0.1, 0.15) is 24.2 Å². The van der Waals surface area contributed by atoms with Crippen LogP contribution in [0, 0.1) is 17.8 Å². The zero-order valence-electron chi connectivity index (χ0n) is 39.9. The number of H-pyrrole nitrogens is 2. The molecule has 4 bridgehead atoms. The van der Waals surface area contributed by atoms with Crippen molar-refractivity contribution in [2.45, 2.75) is 132 Å². The number of benzene rings is 3. The first-order chi connectivity index (χ1) is 33.5. The highest BCUT2D eigenvalue weighted by atomic mass is 16.5. The second-order valence-corrected chi connectivity index (χ2v) is 21.4. The molecule has 2 aromatic heterocycles. The van der Waals surface area contributed by atoms with Crippen LogP contribution in [0.4, 0.5) is 9.59 Å². The van der Waals surface area contributed by atoms with E-state index < -0.39 is 18.2 Å². The lowest BCUT2D eigenvalue weighted by atomic mass is 9.77. The number of methoxy groups -OCH3 is 2. The molecule has 358 valence electrons. The van der Waals surface area contributed by atoms with Crippen LogP contribution in [0.3, 0.4) is 0 Å². The van der Waals surface area contributed by atoms with E-state index in [1.807, 2.05) is 31.1 Å². The van der Waals surface area contributed by atoms with Gasteiger partial charge in [0.05, 0.1) is 44.0 Å². The van der Waals surface area contributed by atoms with Crippen molar-refractivity contribution < 1.29 is 28.7 Å². The van der Waals surface area contributed by atoms with Crippen LogP contribution >= 0.6 is 0 Å². The molecule has 0 spiro atoms. The van der Waals surface area contributed by atoms with Gasteiger partial charge in [-0.2, -0.15) is 0 Å². The van der Waals surface area contributed by atoms with E-state index >= 15 is 0 Å². The number of hydrogen-bond acceptors (Lipinski definition) is 8. The van der Waals surface area contributed by atoms with Gasteiger partial charge in [-0.3, -0.25) is 9.59 Å². The predicted molar refractivity (Wildman–Crippen MR) is 260 cm³/mol. The molecule has 0 radical (unpaired) electrons. The summed E-state index contributed by atoms with van der Waals surface area (Å²) in [6, 6.07) is 18.1. The Morgan fingerprint density at radius 3 is 1.97 bits per heavy atom. The summed E-state index contributed by atoms with van der Waals surface area (Å²) in [6.45, 7) is 3.73. The number of carbonyl (C=O) groups is 4. The van der Waals surface area contributed by atoms with Crippen LogP contribution in [0.25, 0.3) is 44.8 Å². The van der Waals surface area contributed by atoms with E-state index in [9.17, 15) is 19.2 Å². The lowest BCUT2D eigenvalue weighted by Gasteiger charge is -2.27. The third-order valence-electron chi connectivity index (χ3n) is 17.1. The molecule has 5 aromatic rings. The monoisotopic (exact) mass is 930 g/mol. The first-order valence-electron chi connectivity index (χ1n) is 25.4. The molecule has 6 aliphatic carbocycles. The van der Waals surface area contributed by atoms with Crippen LogP contribution in [0.5, 0.6) is 0 Å². The van der Waals surface area contributed by atoms with E-state index in [4.69, 9.17) is 19.4 Å². The summed E-state index contributed by atoms with van der Waals surface area (Å²) in [5, 5.41) is 8.35. The number of nitrogens with one attached hydrogen (secondary N) is 5. The smallest absolute Gasteiger partial charge is 0.407 e. The zero-order chi connectivity index (χ0) is 47.2. The van der Waals surface area contributed by atoms with Crippen LogP contribution in [-0.4, -0.2) is 87.7 Å². The highest BCUT2D eigenvalue weighted by Crippen LogP contribution is 2.62. The Labute approximate surface area is 402 Å². The van der Waals surface area contributed by atoms with Gasteiger partial charge in [0.25, 0.3) is 0 Å². The SMILES string of the molecule is COC(=O)NCC(=O)N1C(c2ncc(-c3ccc(-c4ccc(-c5ccc(-c6cnc(CCC7CC7NC(=O)C(NC(=O)OC)C(C)C)[nH]6)cc5)c5c4C4CCC5C4)c4c3C3CCC4C3)[nH]2)CC2CC21. The number of aryl methyl sites for hydroxylation is 1. The average Bonchev–Trinajstić information content (AvgIpc) is 3.92. The van der Waals surface area contributed by atoms with E-state index in [2.05, 4.69) is 74.4 Å². The summed E-state index contributed by atoms with van der Waals surface area (Å²) in [7, 11) is 2.61. The van der Waals surface area contributed by atoms with Gasteiger partial charge < -0.3 is 40.3 Å². The Hall–Kier alpha value is -6.44. The molecule has 5 N–H and O–H groups in total. The largest absolute Gasteiger partial charge is 0.453 e. The highest BCUT2D eigenvalue weighted by molar-refractivity contribution is 5.88. The standard InChI is InChI=1S/C55H62N8O6/c1-27(2)51(62-55(67)69-4)53(65)61-40-21-30(40)13-18-45-56-24-41(59-45)29-7-5-28(6-8-29)36-14-15-37(48-32-10-9-31(19-32)47(36)48)38-16-17-39(50-34-12-11-33(20-34)49(38)50)42-25-57-52(60-42)44-23-35-22-43(35)63(44)46(64)26-58-54(66)68-3/h5-8,14-17,24-25,27,30-35,40,43-44,51H,9-13,18-23,26H2,1-4H3,(H,56,59)(H,57,60)(H,58,66)(H,61,65)(H,62,67). The third-order valence-corrected chi connectivity index (χ3v) is 17.1. The number of ether oxygens (including phenoxy) is 2. The molecule has 12 rings (SSSR count). The van der Waals surface area contributed by atoms with Gasteiger partial charge in [0.15, 0.2) is 0 Å². The fourth-order valence-corrected chi connectivity index (χ4v) is 13.5. The minimum absolute atomic E-state index is 0.0570. The molecule has 14 heteroatoms. The van der Waals surface area contributed by atoms with Crippen LogP contribution in [0.1, 0.15) is 142 Å². The molecule has 69 heavy (non-hydrogen) atoms. The van der Waals surface area contributed by atoms with Crippen LogP contribution in [0.2, 0.25) is 0 Å². The van der Waals surface area contributed by atoms with E-state index in [-0.39, 0.29) is 42.4 Å². The second kappa shape index (κ2) is 17.2. The van der Waals surface area contributed by atoms with E-state index in [1.54, 1.807) is 16.7 Å².